The zero-order valence-electron chi connectivity index (χ0n) is 19.0. The van der Waals surface area contributed by atoms with E-state index in [4.69, 9.17) is 16.6 Å². The largest absolute Gasteiger partial charge is 0.353 e. The third-order valence-electron chi connectivity index (χ3n) is 5.96. The van der Waals surface area contributed by atoms with E-state index in [0.29, 0.717) is 19.0 Å². The highest BCUT2D eigenvalue weighted by Gasteiger charge is 2.33. The Bertz CT molecular complexity index is 933. The second-order valence-electron chi connectivity index (χ2n) is 9.06. The molecule has 2 aromatic rings. The number of piperazine rings is 1. The number of amides is 1. The summed E-state index contributed by atoms with van der Waals surface area (Å²) in [4.78, 5) is 26.5. The van der Waals surface area contributed by atoms with Gasteiger partial charge in [-0.1, -0.05) is 23.8 Å². The lowest BCUT2D eigenvalue weighted by Gasteiger charge is -2.39. The third-order valence-corrected chi connectivity index (χ3v) is 6.62. The smallest absolute Gasteiger partial charge is 0.229 e. The minimum atomic E-state index is -0.528. The average Bonchev–Trinajstić information content (AvgIpc) is 2.71. The molecule has 0 saturated carbocycles. The number of hydrogen-bond donors (Lipinski definition) is 0. The zero-order chi connectivity index (χ0) is 22.1. The van der Waals surface area contributed by atoms with Gasteiger partial charge < -0.3 is 9.80 Å². The zero-order valence-corrected chi connectivity index (χ0v) is 19.8. The summed E-state index contributed by atoms with van der Waals surface area (Å²) in [5.74, 6) is 2.25. The van der Waals surface area contributed by atoms with E-state index in [1.165, 1.54) is 22.3 Å². The Morgan fingerprint density at radius 1 is 1.07 bits per heavy atom. The number of benzene rings is 1. The van der Waals surface area contributed by atoms with Gasteiger partial charge in [-0.25, -0.2) is 9.97 Å². The van der Waals surface area contributed by atoms with Crippen LogP contribution in [0.4, 0.5) is 5.82 Å². The van der Waals surface area contributed by atoms with E-state index in [1.54, 1.807) is 0 Å². The third kappa shape index (κ3) is 4.77. The molecule has 1 aliphatic heterocycles. The molecule has 0 bridgehead atoms. The first-order valence-corrected chi connectivity index (χ1v) is 11.2. The van der Waals surface area contributed by atoms with Gasteiger partial charge in [0.25, 0.3) is 0 Å². The predicted molar refractivity (Wildman–Crippen MR) is 124 cm³/mol. The fraction of sp³-hybridized carbons (Fsp3) is 0.542. The molecule has 1 aromatic heterocycles. The molecule has 6 heteroatoms. The Labute approximate surface area is 185 Å². The lowest BCUT2D eigenvalue weighted by atomic mass is 9.94. The van der Waals surface area contributed by atoms with Crippen molar-refractivity contribution in [3.63, 3.8) is 0 Å². The first kappa shape index (κ1) is 22.5. The van der Waals surface area contributed by atoms with Gasteiger partial charge in [0.15, 0.2) is 0 Å². The molecule has 0 radical (unpaired) electrons. The molecule has 0 aliphatic carbocycles. The van der Waals surface area contributed by atoms with Gasteiger partial charge in [0.1, 0.15) is 11.6 Å². The Morgan fingerprint density at radius 3 is 2.37 bits per heavy atom. The van der Waals surface area contributed by atoms with E-state index in [0.717, 1.165) is 36.8 Å². The van der Waals surface area contributed by atoms with Gasteiger partial charge in [-0.2, -0.15) is 0 Å². The van der Waals surface area contributed by atoms with Gasteiger partial charge in [-0.3, -0.25) is 4.79 Å². The Kier molecular flexibility index (Phi) is 6.71. The molecular weight excluding hydrogens is 396 g/mol. The van der Waals surface area contributed by atoms with Gasteiger partial charge in [-0.05, 0) is 52.7 Å². The molecule has 1 saturated heterocycles. The van der Waals surface area contributed by atoms with Crippen molar-refractivity contribution in [2.75, 3.05) is 37.0 Å². The number of carbonyl (C=O) groups excluding carboxylic acids is 1. The van der Waals surface area contributed by atoms with Crippen LogP contribution < -0.4 is 4.90 Å². The van der Waals surface area contributed by atoms with Crippen molar-refractivity contribution in [3.05, 3.63) is 52.0 Å². The van der Waals surface area contributed by atoms with E-state index >= 15 is 0 Å². The van der Waals surface area contributed by atoms with Gasteiger partial charge in [0.05, 0.1) is 5.41 Å². The number of nitrogens with zero attached hydrogens (tertiary/aromatic N) is 4. The van der Waals surface area contributed by atoms with Crippen molar-refractivity contribution in [1.29, 1.82) is 0 Å². The molecule has 0 N–H and O–H groups in total. The molecule has 2 heterocycles. The number of alkyl halides is 1. The summed E-state index contributed by atoms with van der Waals surface area (Å²) < 4.78 is 0. The quantitative estimate of drug-likeness (QED) is 0.669. The topological polar surface area (TPSA) is 49.3 Å². The number of hydrogen-bond acceptors (Lipinski definition) is 4. The maximum atomic E-state index is 12.8. The van der Waals surface area contributed by atoms with Crippen molar-refractivity contribution in [1.82, 2.24) is 14.9 Å². The molecule has 1 fully saturated rings. The van der Waals surface area contributed by atoms with Crippen LogP contribution in [0.1, 0.15) is 47.6 Å². The Balaban J connectivity index is 1.85. The highest BCUT2D eigenvalue weighted by Crippen LogP contribution is 2.28. The van der Waals surface area contributed by atoms with E-state index in [-0.39, 0.29) is 5.91 Å². The molecule has 1 aliphatic rings. The minimum absolute atomic E-state index is 0.128. The highest BCUT2D eigenvalue weighted by atomic mass is 35.5. The van der Waals surface area contributed by atoms with Gasteiger partial charge in [0.2, 0.25) is 5.91 Å². The Hall–Kier alpha value is -2.14. The van der Waals surface area contributed by atoms with Crippen LogP contribution in [-0.2, 0) is 11.2 Å². The SMILES string of the molecule is Cc1ccc(C)c(Cc2c(C)nc(C)nc2N2CCN(C(=O)C(C)(C)CCl)CC2)c1. The maximum Gasteiger partial charge on any atom is 0.229 e. The van der Waals surface area contributed by atoms with Crippen LogP contribution in [0.15, 0.2) is 18.2 Å². The van der Waals surface area contributed by atoms with Crippen LogP contribution in [0.2, 0.25) is 0 Å². The van der Waals surface area contributed by atoms with Crippen molar-refractivity contribution in [2.24, 2.45) is 5.41 Å². The minimum Gasteiger partial charge on any atom is -0.353 e. The van der Waals surface area contributed by atoms with Crippen LogP contribution >= 0.6 is 11.6 Å². The molecule has 1 aromatic carbocycles. The van der Waals surface area contributed by atoms with Crippen LogP contribution in [0.5, 0.6) is 0 Å². The molecule has 5 nitrogen and oxygen atoms in total. The summed E-state index contributed by atoms with van der Waals surface area (Å²) in [7, 11) is 0. The summed E-state index contributed by atoms with van der Waals surface area (Å²) >= 11 is 6.01. The molecular formula is C24H33ClN4O. The normalized spacial score (nSPS) is 14.9. The van der Waals surface area contributed by atoms with Gasteiger partial charge >= 0.3 is 0 Å². The van der Waals surface area contributed by atoms with Crippen LogP contribution in [-0.4, -0.2) is 52.8 Å². The number of aromatic nitrogens is 2. The van der Waals surface area contributed by atoms with Crippen molar-refractivity contribution < 1.29 is 4.79 Å². The second-order valence-corrected chi connectivity index (χ2v) is 9.33. The van der Waals surface area contributed by atoms with E-state index in [9.17, 15) is 4.79 Å². The second kappa shape index (κ2) is 8.93. The average molecular weight is 429 g/mol. The first-order valence-electron chi connectivity index (χ1n) is 10.6. The molecule has 30 heavy (non-hydrogen) atoms. The van der Waals surface area contributed by atoms with E-state index < -0.39 is 5.41 Å². The number of carbonyl (C=O) groups is 1. The standard InChI is InChI=1S/C24H33ClN4O/c1-16-7-8-17(2)20(13-16)14-21-18(3)26-19(4)27-22(21)28-9-11-29(12-10-28)23(30)24(5,6)15-25/h7-8,13H,9-12,14-15H2,1-6H3. The van der Waals surface area contributed by atoms with Crippen molar-refractivity contribution >= 4 is 23.3 Å². The summed E-state index contributed by atoms with van der Waals surface area (Å²) in [6.07, 6.45) is 0.813. The first-order chi connectivity index (χ1) is 14.1. The highest BCUT2D eigenvalue weighted by molar-refractivity contribution is 6.19. The molecule has 0 atom stereocenters. The molecule has 0 unspecified atom stereocenters. The van der Waals surface area contributed by atoms with Crippen molar-refractivity contribution in [3.8, 4) is 0 Å². The number of rotatable bonds is 5. The van der Waals surface area contributed by atoms with Crippen LogP contribution in [0, 0.1) is 33.1 Å². The summed E-state index contributed by atoms with van der Waals surface area (Å²) in [6, 6.07) is 6.58. The summed E-state index contributed by atoms with van der Waals surface area (Å²) in [5, 5.41) is 0. The molecule has 162 valence electrons. The number of aryl methyl sites for hydroxylation is 4. The molecule has 0 spiro atoms. The van der Waals surface area contributed by atoms with Gasteiger partial charge in [-0.15, -0.1) is 11.6 Å². The Morgan fingerprint density at radius 2 is 1.73 bits per heavy atom. The monoisotopic (exact) mass is 428 g/mol. The number of halogens is 1. The fourth-order valence-corrected chi connectivity index (χ4v) is 4.09. The van der Waals surface area contributed by atoms with E-state index in [1.807, 2.05) is 25.7 Å². The maximum absolute atomic E-state index is 12.8. The van der Waals surface area contributed by atoms with Crippen molar-refractivity contribution in [2.45, 2.75) is 48.0 Å². The molecule has 1 amide bonds. The fourth-order valence-electron chi connectivity index (χ4n) is 3.97. The predicted octanol–water partition coefficient (Wildman–Crippen LogP) is 4.21. The van der Waals surface area contributed by atoms with Crippen LogP contribution in [0.3, 0.4) is 0 Å². The van der Waals surface area contributed by atoms with Gasteiger partial charge in [0, 0.05) is 49.7 Å². The molecule has 3 rings (SSSR count). The summed E-state index contributed by atoms with van der Waals surface area (Å²) in [6.45, 7) is 15.0. The van der Waals surface area contributed by atoms with Crippen LogP contribution in [0.25, 0.3) is 0 Å². The lowest BCUT2D eigenvalue weighted by molar-refractivity contribution is -0.139. The number of anilines is 1. The summed E-state index contributed by atoms with van der Waals surface area (Å²) in [5.41, 5.74) is 5.53. The lowest BCUT2D eigenvalue weighted by Crippen LogP contribution is -2.53. The van der Waals surface area contributed by atoms with E-state index in [2.05, 4.69) is 48.9 Å².